The first-order valence-electron chi connectivity index (χ1n) is 9.72. The lowest BCUT2D eigenvalue weighted by atomic mass is 10.2. The summed E-state index contributed by atoms with van der Waals surface area (Å²) in [6.45, 7) is 2.44. The number of aryl methyl sites for hydroxylation is 1. The minimum atomic E-state index is -3.95. The first kappa shape index (κ1) is 21.0. The normalized spacial score (nSPS) is 17.7. The zero-order valence-corrected chi connectivity index (χ0v) is 18.1. The van der Waals surface area contributed by atoms with Gasteiger partial charge in [-0.05, 0) is 43.5 Å². The van der Waals surface area contributed by atoms with Crippen molar-refractivity contribution in [3.8, 4) is 0 Å². The number of piperazine rings is 1. The number of nitrogens with zero attached hydrogens (tertiary/aromatic N) is 2. The van der Waals surface area contributed by atoms with Crippen LogP contribution in [0, 0.1) is 18.7 Å². The third-order valence-electron chi connectivity index (χ3n) is 5.29. The Labute approximate surface area is 178 Å². The van der Waals surface area contributed by atoms with E-state index in [0.29, 0.717) is 9.88 Å². The minimum Gasteiger partial charge on any atom is -0.335 e. The Hall–Kier alpha value is -2.30. The number of sulfonamides is 1. The Morgan fingerprint density at radius 2 is 1.80 bits per heavy atom. The van der Waals surface area contributed by atoms with Crippen molar-refractivity contribution in [2.75, 3.05) is 31.5 Å². The van der Waals surface area contributed by atoms with Crippen LogP contribution in [0.4, 0.5) is 9.39 Å². The van der Waals surface area contributed by atoms with Crippen LogP contribution in [-0.2, 0) is 14.8 Å². The molecule has 10 heteroatoms. The summed E-state index contributed by atoms with van der Waals surface area (Å²) in [6, 6.07) is 7.07. The van der Waals surface area contributed by atoms with Crippen LogP contribution in [0.3, 0.4) is 0 Å². The Bertz CT molecular complexity index is 1090. The van der Waals surface area contributed by atoms with Gasteiger partial charge in [0.1, 0.15) is 10.7 Å². The first-order valence-corrected chi connectivity index (χ1v) is 12.0. The predicted molar refractivity (Wildman–Crippen MR) is 111 cm³/mol. The molecule has 1 saturated heterocycles. The van der Waals surface area contributed by atoms with Crippen molar-refractivity contribution in [1.29, 1.82) is 0 Å². The van der Waals surface area contributed by atoms with Crippen molar-refractivity contribution in [3.63, 3.8) is 0 Å². The van der Waals surface area contributed by atoms with Crippen molar-refractivity contribution < 1.29 is 22.4 Å². The number of anilines is 1. The molecular formula is C20H22FN3O4S2. The Kier molecular flexibility index (Phi) is 5.65. The fourth-order valence-electron chi connectivity index (χ4n) is 3.39. The topological polar surface area (TPSA) is 86.8 Å². The molecule has 2 aromatic rings. The summed E-state index contributed by atoms with van der Waals surface area (Å²) >= 11 is 1.24. The highest BCUT2D eigenvalue weighted by Crippen LogP contribution is 2.33. The van der Waals surface area contributed by atoms with E-state index < -0.39 is 15.8 Å². The maximum Gasteiger partial charge on any atom is 0.264 e. The highest BCUT2D eigenvalue weighted by Gasteiger charge is 2.33. The number of benzene rings is 1. The molecule has 2 amide bonds. The van der Waals surface area contributed by atoms with Crippen LogP contribution in [-0.4, -0.2) is 55.6 Å². The Morgan fingerprint density at radius 3 is 2.43 bits per heavy atom. The molecule has 7 nitrogen and oxygen atoms in total. The van der Waals surface area contributed by atoms with Crippen molar-refractivity contribution >= 4 is 38.2 Å². The lowest BCUT2D eigenvalue weighted by molar-refractivity contribution is -0.117. The number of hydrogen-bond donors (Lipinski definition) is 1. The highest BCUT2D eigenvalue weighted by molar-refractivity contribution is 7.89. The molecule has 1 aromatic heterocycles. The number of carbonyl (C=O) groups is 2. The van der Waals surface area contributed by atoms with Crippen LogP contribution in [0.5, 0.6) is 0 Å². The van der Waals surface area contributed by atoms with E-state index in [4.69, 9.17) is 0 Å². The molecule has 1 saturated carbocycles. The van der Waals surface area contributed by atoms with E-state index >= 15 is 0 Å². The third kappa shape index (κ3) is 4.12. The summed E-state index contributed by atoms with van der Waals surface area (Å²) in [7, 11) is -3.95. The summed E-state index contributed by atoms with van der Waals surface area (Å²) in [5.41, 5.74) is 0.775. The van der Waals surface area contributed by atoms with Crippen molar-refractivity contribution in [1.82, 2.24) is 9.21 Å². The second-order valence-corrected chi connectivity index (χ2v) is 10.5. The zero-order valence-electron chi connectivity index (χ0n) is 16.4. The number of thiophene rings is 1. The number of nitrogens with one attached hydrogen (secondary N) is 1. The van der Waals surface area contributed by atoms with Gasteiger partial charge in [-0.3, -0.25) is 9.59 Å². The zero-order chi connectivity index (χ0) is 21.5. The molecule has 2 heterocycles. The molecule has 1 aromatic carbocycles. The summed E-state index contributed by atoms with van der Waals surface area (Å²) in [5.74, 6) is -0.906. The molecule has 160 valence electrons. The van der Waals surface area contributed by atoms with E-state index in [0.717, 1.165) is 24.5 Å². The van der Waals surface area contributed by atoms with Gasteiger partial charge in [0.15, 0.2) is 0 Å². The molecule has 1 aliphatic heterocycles. The van der Waals surface area contributed by atoms with Gasteiger partial charge in [-0.1, -0.05) is 12.1 Å². The monoisotopic (exact) mass is 451 g/mol. The minimum absolute atomic E-state index is 0.0118. The standard InChI is InChI=1S/C20H22FN3O4S2/c1-13-12-17(22-19(25)14-6-7-14)29-18(13)20(26)23-8-10-24(11-9-23)30(27,28)16-5-3-2-4-15(16)21/h2-5,12,14H,6-11H2,1H3,(H,22,25). The lowest BCUT2D eigenvalue weighted by Gasteiger charge is -2.34. The largest absolute Gasteiger partial charge is 0.335 e. The van der Waals surface area contributed by atoms with Gasteiger partial charge in [-0.2, -0.15) is 4.31 Å². The maximum atomic E-state index is 14.0. The summed E-state index contributed by atoms with van der Waals surface area (Å²) < 4.78 is 40.6. The molecule has 2 fully saturated rings. The smallest absolute Gasteiger partial charge is 0.264 e. The summed E-state index contributed by atoms with van der Waals surface area (Å²) in [6.07, 6.45) is 1.81. The summed E-state index contributed by atoms with van der Waals surface area (Å²) in [4.78, 5) is 26.7. The summed E-state index contributed by atoms with van der Waals surface area (Å²) in [5, 5.41) is 3.51. The van der Waals surface area contributed by atoms with E-state index in [2.05, 4.69) is 5.32 Å². The molecule has 2 aliphatic rings. The maximum absolute atomic E-state index is 14.0. The molecule has 4 rings (SSSR count). The van der Waals surface area contributed by atoms with Crippen LogP contribution in [0.1, 0.15) is 28.1 Å². The van der Waals surface area contributed by atoms with E-state index in [9.17, 15) is 22.4 Å². The molecule has 1 aliphatic carbocycles. The lowest BCUT2D eigenvalue weighted by Crippen LogP contribution is -2.50. The molecule has 0 radical (unpaired) electrons. The van der Waals surface area contributed by atoms with Crippen molar-refractivity contribution in [2.45, 2.75) is 24.7 Å². The van der Waals surface area contributed by atoms with Gasteiger partial charge in [0.2, 0.25) is 15.9 Å². The quantitative estimate of drug-likeness (QED) is 0.757. The van der Waals surface area contributed by atoms with Crippen LogP contribution in [0.2, 0.25) is 0 Å². The molecule has 30 heavy (non-hydrogen) atoms. The van der Waals surface area contributed by atoms with Crippen molar-refractivity contribution in [3.05, 3.63) is 46.6 Å². The Balaban J connectivity index is 1.42. The Morgan fingerprint density at radius 1 is 1.13 bits per heavy atom. The van der Waals surface area contributed by atoms with Gasteiger partial charge in [-0.15, -0.1) is 11.3 Å². The van der Waals surface area contributed by atoms with Gasteiger partial charge in [0, 0.05) is 32.1 Å². The molecule has 0 bridgehead atoms. The number of amides is 2. The molecular weight excluding hydrogens is 429 g/mol. The third-order valence-corrected chi connectivity index (χ3v) is 8.36. The average molecular weight is 452 g/mol. The fraction of sp³-hybridized carbons (Fsp3) is 0.400. The molecule has 0 atom stereocenters. The van der Waals surface area contributed by atoms with Gasteiger partial charge in [0.05, 0.1) is 9.88 Å². The van der Waals surface area contributed by atoms with E-state index in [1.165, 1.54) is 33.8 Å². The van der Waals surface area contributed by atoms with Gasteiger partial charge in [0.25, 0.3) is 5.91 Å². The van der Waals surface area contributed by atoms with Crippen LogP contribution in [0.15, 0.2) is 35.2 Å². The van der Waals surface area contributed by atoms with E-state index in [1.54, 1.807) is 11.0 Å². The average Bonchev–Trinajstić information content (AvgIpc) is 3.51. The van der Waals surface area contributed by atoms with Gasteiger partial charge >= 0.3 is 0 Å². The van der Waals surface area contributed by atoms with Gasteiger partial charge in [-0.25, -0.2) is 12.8 Å². The van der Waals surface area contributed by atoms with Gasteiger partial charge < -0.3 is 10.2 Å². The number of hydrogen-bond acceptors (Lipinski definition) is 5. The SMILES string of the molecule is Cc1cc(NC(=O)C2CC2)sc1C(=O)N1CCN(S(=O)(=O)c2ccccc2F)CC1. The van der Waals surface area contributed by atoms with E-state index in [1.807, 2.05) is 6.92 Å². The molecule has 1 N–H and O–H groups in total. The van der Waals surface area contributed by atoms with E-state index in [-0.39, 0.29) is 48.8 Å². The molecule has 0 unspecified atom stereocenters. The van der Waals surface area contributed by atoms with Crippen LogP contribution >= 0.6 is 11.3 Å². The number of carbonyl (C=O) groups excluding carboxylic acids is 2. The fourth-order valence-corrected chi connectivity index (χ4v) is 5.92. The predicted octanol–water partition coefficient (Wildman–Crippen LogP) is 2.69. The number of halogens is 1. The second-order valence-electron chi connectivity index (χ2n) is 7.51. The van der Waals surface area contributed by atoms with Crippen molar-refractivity contribution in [2.24, 2.45) is 5.92 Å². The molecule has 0 spiro atoms. The highest BCUT2D eigenvalue weighted by atomic mass is 32.2. The second kappa shape index (κ2) is 8.09. The van der Waals surface area contributed by atoms with Crippen LogP contribution < -0.4 is 5.32 Å². The first-order chi connectivity index (χ1) is 14.3. The number of rotatable bonds is 5. The van der Waals surface area contributed by atoms with Crippen LogP contribution in [0.25, 0.3) is 0 Å².